The monoisotopic (exact) mass is 474 g/mol. The molecule has 1 spiro atoms. The smallest absolute Gasteiger partial charge is 0.308 e. The lowest BCUT2D eigenvalue weighted by atomic mass is 9.71. The maximum Gasteiger partial charge on any atom is 0.308 e. The van der Waals surface area contributed by atoms with Crippen molar-refractivity contribution in [3.05, 3.63) is 36.9 Å². The Morgan fingerprint density at radius 1 is 1.39 bits per heavy atom. The van der Waals surface area contributed by atoms with E-state index in [1.165, 1.54) is 16.7 Å². The summed E-state index contributed by atoms with van der Waals surface area (Å²) in [5.41, 5.74) is 0.636. The zero-order valence-corrected chi connectivity index (χ0v) is 19.7. The van der Waals surface area contributed by atoms with Gasteiger partial charge in [0, 0.05) is 17.5 Å². The van der Waals surface area contributed by atoms with Crippen LogP contribution in [0.5, 0.6) is 5.75 Å². The molecule has 4 rings (SSSR count). The number of thioether (sulfide) groups is 1. The zero-order valence-electron chi connectivity index (χ0n) is 18.8. The number of methoxy groups -OCH3 is 1. The molecule has 2 bridgehead atoms. The maximum absolute atomic E-state index is 14.2. The van der Waals surface area contributed by atoms with Gasteiger partial charge in [-0.15, -0.1) is 18.3 Å². The van der Waals surface area contributed by atoms with Crippen molar-refractivity contribution in [2.45, 2.75) is 48.3 Å². The second kappa shape index (κ2) is 9.02. The molecule has 2 amide bonds. The van der Waals surface area contributed by atoms with Crippen molar-refractivity contribution in [3.63, 3.8) is 0 Å². The topological polar surface area (TPSA) is 107 Å². The first kappa shape index (κ1) is 23.6. The molecule has 0 aromatic heterocycles. The van der Waals surface area contributed by atoms with Crippen molar-refractivity contribution in [1.29, 1.82) is 0 Å². The fourth-order valence-corrected chi connectivity index (χ4v) is 8.01. The number of benzene rings is 1. The summed E-state index contributed by atoms with van der Waals surface area (Å²) in [6.07, 6.45) is 3.34. The van der Waals surface area contributed by atoms with Gasteiger partial charge in [0.1, 0.15) is 11.8 Å². The molecule has 33 heavy (non-hydrogen) atoms. The van der Waals surface area contributed by atoms with E-state index in [2.05, 4.69) is 6.58 Å². The molecular weight excluding hydrogens is 444 g/mol. The number of nitrogens with zero attached hydrogens (tertiary/aromatic N) is 2. The number of aliphatic carboxylic acids is 1. The van der Waals surface area contributed by atoms with Crippen LogP contribution in [0, 0.1) is 11.8 Å². The Morgan fingerprint density at radius 3 is 2.64 bits per heavy atom. The highest BCUT2D eigenvalue weighted by Crippen LogP contribution is 2.66. The highest BCUT2D eigenvalue weighted by molar-refractivity contribution is 8.02. The first-order chi connectivity index (χ1) is 15.8. The standard InChI is InChI=1S/C24H30N2O6S/c1-4-12-25(15-6-8-16(32-3)9-7-15)22(29)20-24-11-10-17(33-24)18(23(30)31)19(24)21(28)26(20)14(5-2)13-27/h4,6-9,14,17-20,27H,1,5,10-13H2,2-3H3,(H,30,31)/t14-,17+,18-,19-,20?,24?/m0/s1. The SMILES string of the molecule is C=CCN(C(=O)C1N([C@@H](CC)CO)C(=O)[C@@H]2[C@@H](C(=O)O)[C@H]3CCC12S3)c1ccc(OC)cc1. The largest absolute Gasteiger partial charge is 0.497 e. The summed E-state index contributed by atoms with van der Waals surface area (Å²) in [6.45, 7) is 5.59. The minimum atomic E-state index is -0.990. The predicted molar refractivity (Wildman–Crippen MR) is 125 cm³/mol. The summed E-state index contributed by atoms with van der Waals surface area (Å²) >= 11 is 1.49. The van der Waals surface area contributed by atoms with Crippen molar-refractivity contribution in [2.75, 3.05) is 25.2 Å². The lowest BCUT2D eigenvalue weighted by Crippen LogP contribution is -2.57. The van der Waals surface area contributed by atoms with Gasteiger partial charge in [0.05, 0.1) is 36.3 Å². The minimum Gasteiger partial charge on any atom is -0.497 e. The Hall–Kier alpha value is -2.52. The van der Waals surface area contributed by atoms with E-state index in [1.54, 1.807) is 42.4 Å². The molecule has 2 unspecified atom stereocenters. The summed E-state index contributed by atoms with van der Waals surface area (Å²) < 4.78 is 4.42. The van der Waals surface area contributed by atoms with Gasteiger partial charge >= 0.3 is 5.97 Å². The van der Waals surface area contributed by atoms with Crippen LogP contribution in [0.1, 0.15) is 26.2 Å². The molecule has 3 saturated heterocycles. The Kier molecular flexibility index (Phi) is 6.46. The van der Waals surface area contributed by atoms with Gasteiger partial charge in [-0.1, -0.05) is 13.0 Å². The third-order valence-electron chi connectivity index (χ3n) is 7.29. The van der Waals surface area contributed by atoms with E-state index in [1.807, 2.05) is 6.92 Å². The molecule has 0 aliphatic carbocycles. The zero-order chi connectivity index (χ0) is 23.9. The third-order valence-corrected chi connectivity index (χ3v) is 9.25. The summed E-state index contributed by atoms with van der Waals surface area (Å²) in [5, 5.41) is 19.8. The van der Waals surface area contributed by atoms with Gasteiger partial charge in [-0.25, -0.2) is 0 Å². The first-order valence-corrected chi connectivity index (χ1v) is 12.1. The van der Waals surface area contributed by atoms with E-state index in [9.17, 15) is 24.6 Å². The number of rotatable bonds is 9. The van der Waals surface area contributed by atoms with E-state index in [4.69, 9.17) is 4.74 Å². The quantitative estimate of drug-likeness (QED) is 0.528. The van der Waals surface area contributed by atoms with Crippen molar-refractivity contribution in [1.82, 2.24) is 4.90 Å². The highest BCUT2D eigenvalue weighted by Gasteiger charge is 2.74. The van der Waals surface area contributed by atoms with Crippen molar-refractivity contribution in [2.24, 2.45) is 11.8 Å². The van der Waals surface area contributed by atoms with Gasteiger partial charge in [-0.3, -0.25) is 14.4 Å². The fourth-order valence-electron chi connectivity index (χ4n) is 5.82. The molecule has 178 valence electrons. The van der Waals surface area contributed by atoms with Crippen LogP contribution in [0.25, 0.3) is 0 Å². The molecular formula is C24H30N2O6S. The third kappa shape index (κ3) is 3.52. The summed E-state index contributed by atoms with van der Waals surface area (Å²) in [4.78, 5) is 43.1. The number of fused-ring (bicyclic) bond motifs is 1. The molecule has 0 saturated carbocycles. The van der Waals surface area contributed by atoms with Crippen LogP contribution in [0.2, 0.25) is 0 Å². The van der Waals surface area contributed by atoms with E-state index in [0.29, 0.717) is 30.7 Å². The molecule has 3 aliphatic rings. The Bertz CT molecular complexity index is 949. The van der Waals surface area contributed by atoms with Gasteiger partial charge in [-0.2, -0.15) is 0 Å². The van der Waals surface area contributed by atoms with Gasteiger partial charge in [0.25, 0.3) is 5.91 Å². The number of ether oxygens (including phenoxy) is 1. The normalized spacial score (nSPS) is 30.8. The second-order valence-corrected chi connectivity index (χ2v) is 10.4. The number of hydrogen-bond acceptors (Lipinski definition) is 6. The predicted octanol–water partition coefficient (Wildman–Crippen LogP) is 2.16. The Morgan fingerprint density at radius 2 is 2.09 bits per heavy atom. The van der Waals surface area contributed by atoms with Crippen LogP contribution in [-0.4, -0.2) is 75.2 Å². The van der Waals surface area contributed by atoms with Crippen LogP contribution in [-0.2, 0) is 14.4 Å². The number of likely N-dealkylation sites (tertiary alicyclic amines) is 1. The average Bonchev–Trinajstić information content (AvgIpc) is 3.46. The van der Waals surface area contributed by atoms with Crippen LogP contribution in [0.15, 0.2) is 36.9 Å². The second-order valence-electron chi connectivity index (χ2n) is 8.82. The Labute approximate surface area is 197 Å². The number of anilines is 1. The number of amides is 2. The molecule has 1 aromatic carbocycles. The molecule has 2 N–H and O–H groups in total. The van der Waals surface area contributed by atoms with Crippen molar-refractivity contribution >= 4 is 35.2 Å². The first-order valence-electron chi connectivity index (χ1n) is 11.2. The van der Waals surface area contributed by atoms with Gasteiger partial charge in [-0.05, 0) is 43.5 Å². The van der Waals surface area contributed by atoms with E-state index in [0.717, 1.165) is 0 Å². The lowest BCUT2D eigenvalue weighted by Gasteiger charge is -2.39. The number of carbonyl (C=O) groups is 3. The highest BCUT2D eigenvalue weighted by atomic mass is 32.2. The van der Waals surface area contributed by atoms with Crippen molar-refractivity contribution in [3.8, 4) is 5.75 Å². The number of carbonyl (C=O) groups excluding carboxylic acids is 2. The minimum absolute atomic E-state index is 0.183. The van der Waals surface area contributed by atoms with Crippen LogP contribution >= 0.6 is 11.8 Å². The average molecular weight is 475 g/mol. The number of carboxylic acids is 1. The summed E-state index contributed by atoms with van der Waals surface area (Å²) in [5.74, 6) is -2.53. The molecule has 3 heterocycles. The fraction of sp³-hybridized carbons (Fsp3) is 0.542. The Balaban J connectivity index is 1.80. The lowest BCUT2D eigenvalue weighted by molar-refractivity contribution is -0.149. The number of aliphatic hydroxyl groups excluding tert-OH is 1. The van der Waals surface area contributed by atoms with Crippen LogP contribution in [0.4, 0.5) is 5.69 Å². The van der Waals surface area contributed by atoms with Crippen LogP contribution < -0.4 is 9.64 Å². The summed E-state index contributed by atoms with van der Waals surface area (Å²) in [6, 6.07) is 5.67. The van der Waals surface area contributed by atoms with Gasteiger partial charge in [0.2, 0.25) is 5.91 Å². The molecule has 6 atom stereocenters. The van der Waals surface area contributed by atoms with Crippen molar-refractivity contribution < 1.29 is 29.3 Å². The number of aliphatic hydroxyl groups is 1. The number of hydrogen-bond donors (Lipinski definition) is 2. The molecule has 3 aliphatic heterocycles. The molecule has 0 radical (unpaired) electrons. The van der Waals surface area contributed by atoms with Crippen LogP contribution in [0.3, 0.4) is 0 Å². The van der Waals surface area contributed by atoms with Gasteiger partial charge < -0.3 is 24.7 Å². The van der Waals surface area contributed by atoms with E-state index in [-0.39, 0.29) is 30.2 Å². The van der Waals surface area contributed by atoms with E-state index < -0.39 is 34.6 Å². The maximum atomic E-state index is 14.2. The molecule has 1 aromatic rings. The van der Waals surface area contributed by atoms with E-state index >= 15 is 0 Å². The van der Waals surface area contributed by atoms with Gasteiger partial charge in [0.15, 0.2) is 0 Å². The number of carboxylic acid groups (broad SMARTS) is 1. The molecule has 8 nitrogen and oxygen atoms in total. The molecule has 9 heteroatoms. The summed E-state index contributed by atoms with van der Waals surface area (Å²) in [7, 11) is 1.56. The molecule has 3 fully saturated rings.